The summed E-state index contributed by atoms with van der Waals surface area (Å²) < 4.78 is 5.02. The highest BCUT2D eigenvalue weighted by molar-refractivity contribution is 5.97. The van der Waals surface area contributed by atoms with Crippen LogP contribution in [0.2, 0.25) is 0 Å². The van der Waals surface area contributed by atoms with Gasteiger partial charge in [-0.05, 0) is 24.1 Å². The smallest absolute Gasteiger partial charge is 0.326 e. The second-order valence-corrected chi connectivity index (χ2v) is 5.18. The number of hydrogen-bond donors (Lipinski definition) is 3. The first-order chi connectivity index (χ1) is 10.9. The van der Waals surface area contributed by atoms with Crippen LogP contribution in [-0.4, -0.2) is 42.6 Å². The van der Waals surface area contributed by atoms with Crippen molar-refractivity contribution < 1.29 is 24.2 Å². The summed E-state index contributed by atoms with van der Waals surface area (Å²) >= 11 is 0. The minimum absolute atomic E-state index is 0.203. The summed E-state index contributed by atoms with van der Waals surface area (Å²) in [6.45, 7) is 3.29. The van der Waals surface area contributed by atoms with Crippen molar-refractivity contribution in [1.82, 2.24) is 10.6 Å². The van der Waals surface area contributed by atoms with Crippen LogP contribution in [0.3, 0.4) is 0 Å². The number of hydrogen-bond acceptors (Lipinski definition) is 4. The molecule has 126 valence electrons. The summed E-state index contributed by atoms with van der Waals surface area (Å²) in [6, 6.07) is 5.53. The molecule has 0 saturated carbocycles. The van der Waals surface area contributed by atoms with Crippen molar-refractivity contribution in [2.75, 3.05) is 13.7 Å². The number of carbonyl (C=O) groups excluding carboxylic acids is 2. The standard InChI is InChI=1S/C16H22N2O5/c1-4-10(2)14(16(21)22)18-13(19)9-17-15(20)11-6-5-7-12(8-11)23-3/h5-8,10,14H,4,9H2,1-3H3,(H,17,20)(H,18,19)(H,21,22). The number of carboxylic acids is 1. The zero-order valence-corrected chi connectivity index (χ0v) is 13.5. The van der Waals surface area contributed by atoms with Crippen molar-refractivity contribution >= 4 is 17.8 Å². The van der Waals surface area contributed by atoms with Gasteiger partial charge < -0.3 is 20.5 Å². The fourth-order valence-electron chi connectivity index (χ4n) is 1.93. The minimum atomic E-state index is -1.09. The van der Waals surface area contributed by atoms with E-state index in [0.29, 0.717) is 17.7 Å². The van der Waals surface area contributed by atoms with Crippen molar-refractivity contribution in [3.05, 3.63) is 29.8 Å². The second kappa shape index (κ2) is 8.77. The normalized spacial score (nSPS) is 12.8. The minimum Gasteiger partial charge on any atom is -0.497 e. The molecule has 0 fully saturated rings. The maximum atomic E-state index is 12.0. The van der Waals surface area contributed by atoms with Crippen molar-refractivity contribution in [1.29, 1.82) is 0 Å². The van der Waals surface area contributed by atoms with Crippen molar-refractivity contribution in [3.8, 4) is 5.75 Å². The van der Waals surface area contributed by atoms with E-state index >= 15 is 0 Å². The molecule has 0 spiro atoms. The Morgan fingerprint density at radius 3 is 2.57 bits per heavy atom. The molecule has 0 aliphatic rings. The van der Waals surface area contributed by atoms with E-state index in [4.69, 9.17) is 9.84 Å². The summed E-state index contributed by atoms with van der Waals surface area (Å²) in [7, 11) is 1.49. The number of nitrogens with one attached hydrogen (secondary N) is 2. The average molecular weight is 322 g/mol. The van der Waals surface area contributed by atoms with E-state index in [-0.39, 0.29) is 12.5 Å². The Hall–Kier alpha value is -2.57. The molecule has 2 amide bonds. The molecule has 0 heterocycles. The van der Waals surface area contributed by atoms with E-state index in [0.717, 1.165) is 0 Å². The lowest BCUT2D eigenvalue weighted by Crippen LogP contribution is -2.48. The van der Waals surface area contributed by atoms with E-state index in [9.17, 15) is 14.4 Å². The zero-order valence-electron chi connectivity index (χ0n) is 13.5. The number of aliphatic carboxylic acids is 1. The molecular weight excluding hydrogens is 300 g/mol. The van der Waals surface area contributed by atoms with E-state index in [1.165, 1.54) is 7.11 Å². The van der Waals surface area contributed by atoms with Gasteiger partial charge in [0.2, 0.25) is 5.91 Å². The van der Waals surface area contributed by atoms with Crippen LogP contribution in [0.4, 0.5) is 0 Å². The number of rotatable bonds is 8. The van der Waals surface area contributed by atoms with Crippen molar-refractivity contribution in [3.63, 3.8) is 0 Å². The maximum absolute atomic E-state index is 12.0. The summed E-state index contributed by atoms with van der Waals surface area (Å²) in [5.74, 6) is -1.74. The quantitative estimate of drug-likeness (QED) is 0.663. The zero-order chi connectivity index (χ0) is 17.4. The number of carbonyl (C=O) groups is 3. The van der Waals surface area contributed by atoms with Crippen LogP contribution in [0.5, 0.6) is 5.75 Å². The predicted molar refractivity (Wildman–Crippen MR) is 84.3 cm³/mol. The van der Waals surface area contributed by atoms with Crippen LogP contribution in [0.15, 0.2) is 24.3 Å². The third kappa shape index (κ3) is 5.61. The molecule has 1 aromatic rings. The predicted octanol–water partition coefficient (Wildman–Crippen LogP) is 1.04. The number of methoxy groups -OCH3 is 1. The first-order valence-electron chi connectivity index (χ1n) is 7.33. The molecule has 7 nitrogen and oxygen atoms in total. The Balaban J connectivity index is 2.57. The van der Waals surface area contributed by atoms with E-state index < -0.39 is 23.8 Å². The number of carboxylic acid groups (broad SMARTS) is 1. The van der Waals surface area contributed by atoms with Gasteiger partial charge in [-0.2, -0.15) is 0 Å². The first kappa shape index (κ1) is 18.5. The molecule has 1 aromatic carbocycles. The summed E-state index contributed by atoms with van der Waals surface area (Å²) in [5.41, 5.74) is 0.355. The summed E-state index contributed by atoms with van der Waals surface area (Å²) in [6.07, 6.45) is 0.618. The maximum Gasteiger partial charge on any atom is 0.326 e. The van der Waals surface area contributed by atoms with Crippen LogP contribution in [0.25, 0.3) is 0 Å². The van der Waals surface area contributed by atoms with Gasteiger partial charge in [-0.25, -0.2) is 4.79 Å². The van der Waals surface area contributed by atoms with Gasteiger partial charge in [-0.3, -0.25) is 9.59 Å². The SMILES string of the molecule is CCC(C)C(NC(=O)CNC(=O)c1cccc(OC)c1)C(=O)O. The highest BCUT2D eigenvalue weighted by Gasteiger charge is 2.25. The average Bonchev–Trinajstić information content (AvgIpc) is 2.56. The second-order valence-electron chi connectivity index (χ2n) is 5.18. The fraction of sp³-hybridized carbons (Fsp3) is 0.438. The highest BCUT2D eigenvalue weighted by atomic mass is 16.5. The monoisotopic (exact) mass is 322 g/mol. The lowest BCUT2D eigenvalue weighted by molar-refractivity contribution is -0.143. The first-order valence-corrected chi connectivity index (χ1v) is 7.33. The van der Waals surface area contributed by atoms with E-state index in [1.54, 1.807) is 31.2 Å². The highest BCUT2D eigenvalue weighted by Crippen LogP contribution is 2.12. The van der Waals surface area contributed by atoms with Crippen molar-refractivity contribution in [2.45, 2.75) is 26.3 Å². The third-order valence-corrected chi connectivity index (χ3v) is 3.54. The van der Waals surface area contributed by atoms with Crippen LogP contribution < -0.4 is 15.4 Å². The van der Waals surface area contributed by atoms with Crippen LogP contribution in [-0.2, 0) is 9.59 Å². The molecule has 7 heteroatoms. The van der Waals surface area contributed by atoms with E-state index in [1.807, 2.05) is 6.92 Å². The Morgan fingerprint density at radius 2 is 2.00 bits per heavy atom. The number of benzene rings is 1. The van der Waals surface area contributed by atoms with Gasteiger partial charge in [0.25, 0.3) is 5.91 Å². The number of ether oxygens (including phenoxy) is 1. The molecule has 2 atom stereocenters. The van der Waals surface area contributed by atoms with Crippen molar-refractivity contribution in [2.24, 2.45) is 5.92 Å². The third-order valence-electron chi connectivity index (χ3n) is 3.54. The molecule has 3 N–H and O–H groups in total. The molecule has 0 aromatic heterocycles. The van der Waals surface area contributed by atoms with Gasteiger partial charge in [-0.15, -0.1) is 0 Å². The van der Waals surface area contributed by atoms with Gasteiger partial charge in [0.15, 0.2) is 0 Å². The molecule has 2 unspecified atom stereocenters. The Bertz CT molecular complexity index is 573. The Morgan fingerprint density at radius 1 is 1.30 bits per heavy atom. The van der Waals surface area contributed by atoms with Crippen LogP contribution in [0.1, 0.15) is 30.6 Å². The molecule has 23 heavy (non-hydrogen) atoms. The van der Waals surface area contributed by atoms with Crippen LogP contribution in [0, 0.1) is 5.92 Å². The molecule has 0 bridgehead atoms. The van der Waals surface area contributed by atoms with Gasteiger partial charge in [0, 0.05) is 5.56 Å². The Labute approximate surface area is 135 Å². The molecule has 0 aliphatic carbocycles. The molecule has 0 radical (unpaired) electrons. The largest absolute Gasteiger partial charge is 0.497 e. The van der Waals surface area contributed by atoms with Gasteiger partial charge in [-0.1, -0.05) is 26.3 Å². The van der Waals surface area contributed by atoms with Gasteiger partial charge in [0.1, 0.15) is 11.8 Å². The lowest BCUT2D eigenvalue weighted by Gasteiger charge is -2.20. The number of amides is 2. The molecule has 0 aliphatic heterocycles. The molecule has 1 rings (SSSR count). The van der Waals surface area contributed by atoms with E-state index in [2.05, 4.69) is 10.6 Å². The van der Waals surface area contributed by atoms with Gasteiger partial charge in [0.05, 0.1) is 13.7 Å². The lowest BCUT2D eigenvalue weighted by atomic mass is 9.99. The fourth-order valence-corrected chi connectivity index (χ4v) is 1.93. The van der Waals surface area contributed by atoms with Gasteiger partial charge >= 0.3 is 5.97 Å². The summed E-state index contributed by atoms with van der Waals surface area (Å²) in [5, 5.41) is 14.0. The molecular formula is C16H22N2O5. The Kier molecular flexibility index (Phi) is 7.05. The summed E-state index contributed by atoms with van der Waals surface area (Å²) in [4.78, 5) is 34.9. The topological polar surface area (TPSA) is 105 Å². The van der Waals surface area contributed by atoms with Crippen LogP contribution >= 0.6 is 0 Å². The molecule has 0 saturated heterocycles.